The molecular weight excluding hydrogens is 352 g/mol. The molecule has 0 saturated carbocycles. The number of nitrogens with one attached hydrogen (secondary N) is 1. The molecule has 138 valence electrons. The fourth-order valence-corrected chi connectivity index (χ4v) is 3.88. The summed E-state index contributed by atoms with van der Waals surface area (Å²) >= 11 is 0. The van der Waals surface area contributed by atoms with Crippen molar-refractivity contribution in [1.29, 1.82) is 0 Å². The number of carbonyl (C=O) groups excluding carboxylic acids is 1. The van der Waals surface area contributed by atoms with E-state index in [0.29, 0.717) is 11.4 Å². The van der Waals surface area contributed by atoms with Crippen LogP contribution in [0.4, 0.5) is 5.69 Å². The molecule has 26 heavy (non-hydrogen) atoms. The average Bonchev–Trinajstić information content (AvgIpc) is 3.08. The van der Waals surface area contributed by atoms with E-state index in [1.807, 2.05) is 18.2 Å². The molecular formula is C19H22N2O4S. The highest BCUT2D eigenvalue weighted by Crippen LogP contribution is 2.26. The summed E-state index contributed by atoms with van der Waals surface area (Å²) in [6.45, 7) is -0.135. The second kappa shape index (κ2) is 7.47. The van der Waals surface area contributed by atoms with E-state index in [4.69, 9.17) is 4.74 Å². The number of rotatable bonds is 6. The summed E-state index contributed by atoms with van der Waals surface area (Å²) in [5.74, 6) is 0.328. The molecule has 1 aliphatic rings. The third-order valence-electron chi connectivity index (χ3n) is 4.34. The van der Waals surface area contributed by atoms with E-state index in [2.05, 4.69) is 5.32 Å². The average molecular weight is 374 g/mol. The molecule has 2 aromatic rings. The maximum Gasteiger partial charge on any atom is 0.262 e. The lowest BCUT2D eigenvalue weighted by molar-refractivity contribution is -0.118. The fourth-order valence-electron chi connectivity index (χ4n) is 2.93. The van der Waals surface area contributed by atoms with Crippen molar-refractivity contribution in [3.8, 4) is 5.75 Å². The van der Waals surface area contributed by atoms with Crippen LogP contribution in [-0.4, -0.2) is 39.3 Å². The van der Waals surface area contributed by atoms with Crippen molar-refractivity contribution in [2.45, 2.75) is 24.2 Å². The van der Waals surface area contributed by atoms with E-state index in [0.717, 1.165) is 23.6 Å². The molecule has 1 N–H and O–H groups in total. The van der Waals surface area contributed by atoms with Crippen LogP contribution in [0.15, 0.2) is 47.4 Å². The van der Waals surface area contributed by atoms with Crippen molar-refractivity contribution >= 4 is 21.6 Å². The molecule has 7 heteroatoms. The van der Waals surface area contributed by atoms with E-state index >= 15 is 0 Å². The third-order valence-corrected chi connectivity index (χ3v) is 6.15. The third kappa shape index (κ3) is 4.05. The zero-order valence-electron chi connectivity index (χ0n) is 14.9. The van der Waals surface area contributed by atoms with Crippen LogP contribution >= 0.6 is 0 Å². The molecule has 0 bridgehead atoms. The molecule has 2 aromatic carbocycles. The number of nitrogens with zero attached hydrogens (tertiary/aromatic N) is 1. The van der Waals surface area contributed by atoms with Crippen LogP contribution in [0.3, 0.4) is 0 Å². The van der Waals surface area contributed by atoms with E-state index in [9.17, 15) is 13.2 Å². The number of benzene rings is 2. The van der Waals surface area contributed by atoms with Crippen LogP contribution in [0.5, 0.6) is 5.75 Å². The Labute approximate surface area is 153 Å². The zero-order valence-corrected chi connectivity index (χ0v) is 15.7. The van der Waals surface area contributed by atoms with Gasteiger partial charge in [-0.05, 0) is 60.7 Å². The Morgan fingerprint density at radius 1 is 1.12 bits per heavy atom. The number of aryl methyl sites for hydroxylation is 2. The summed E-state index contributed by atoms with van der Waals surface area (Å²) in [6.07, 6.45) is 3.31. The topological polar surface area (TPSA) is 75.7 Å². The van der Waals surface area contributed by atoms with Gasteiger partial charge in [0.05, 0.1) is 4.90 Å². The molecule has 0 radical (unpaired) electrons. The van der Waals surface area contributed by atoms with E-state index in [1.54, 1.807) is 12.1 Å². The van der Waals surface area contributed by atoms with Gasteiger partial charge in [-0.3, -0.25) is 4.79 Å². The molecule has 0 fully saturated rings. The highest BCUT2D eigenvalue weighted by atomic mass is 32.2. The predicted molar refractivity (Wildman–Crippen MR) is 99.9 cm³/mol. The lowest BCUT2D eigenvalue weighted by Gasteiger charge is -2.13. The molecule has 0 heterocycles. The first-order valence-corrected chi connectivity index (χ1v) is 9.87. The molecule has 0 saturated heterocycles. The minimum Gasteiger partial charge on any atom is -0.484 e. The number of anilines is 1. The van der Waals surface area contributed by atoms with Crippen molar-refractivity contribution in [2.75, 3.05) is 26.0 Å². The largest absolute Gasteiger partial charge is 0.484 e. The van der Waals surface area contributed by atoms with E-state index in [1.165, 1.54) is 37.4 Å². The first-order valence-electron chi connectivity index (χ1n) is 8.43. The number of sulfonamides is 1. The Kier molecular flexibility index (Phi) is 5.29. The smallest absolute Gasteiger partial charge is 0.262 e. The Morgan fingerprint density at radius 2 is 1.88 bits per heavy atom. The van der Waals surface area contributed by atoms with Gasteiger partial charge in [-0.1, -0.05) is 12.1 Å². The van der Waals surface area contributed by atoms with Crippen LogP contribution < -0.4 is 10.1 Å². The Morgan fingerprint density at radius 3 is 2.65 bits per heavy atom. The first-order chi connectivity index (χ1) is 12.4. The van der Waals surface area contributed by atoms with Crippen LogP contribution in [0.2, 0.25) is 0 Å². The molecule has 6 nitrogen and oxygen atoms in total. The van der Waals surface area contributed by atoms with Crippen LogP contribution in [-0.2, 0) is 27.7 Å². The van der Waals surface area contributed by atoms with Gasteiger partial charge in [-0.15, -0.1) is 0 Å². The van der Waals surface area contributed by atoms with Crippen LogP contribution in [0.25, 0.3) is 0 Å². The lowest BCUT2D eigenvalue weighted by Crippen LogP contribution is -2.23. The van der Waals surface area contributed by atoms with Crippen molar-refractivity contribution in [2.24, 2.45) is 0 Å². The minimum atomic E-state index is -3.55. The number of ether oxygens (including phenoxy) is 1. The van der Waals surface area contributed by atoms with Gasteiger partial charge in [0.25, 0.3) is 5.91 Å². The minimum absolute atomic E-state index is 0.125. The lowest BCUT2D eigenvalue weighted by atomic mass is 10.1. The number of fused-ring (bicyclic) bond motifs is 1. The number of hydrogen-bond acceptors (Lipinski definition) is 4. The highest BCUT2D eigenvalue weighted by molar-refractivity contribution is 7.89. The molecule has 0 unspecified atom stereocenters. The number of amides is 1. The molecule has 1 aliphatic carbocycles. The van der Waals surface area contributed by atoms with Gasteiger partial charge in [0, 0.05) is 19.8 Å². The van der Waals surface area contributed by atoms with E-state index < -0.39 is 10.0 Å². The van der Waals surface area contributed by atoms with Crippen molar-refractivity contribution in [3.05, 3.63) is 53.6 Å². The Bertz CT molecular complexity index is 923. The molecule has 0 aromatic heterocycles. The highest BCUT2D eigenvalue weighted by Gasteiger charge is 2.18. The van der Waals surface area contributed by atoms with Gasteiger partial charge in [0.15, 0.2) is 6.61 Å². The monoisotopic (exact) mass is 374 g/mol. The summed E-state index contributed by atoms with van der Waals surface area (Å²) in [6, 6.07) is 12.1. The standard InChI is InChI=1S/C19H22N2O4S/c1-21(2)26(23,24)18-8-4-7-16(12-18)20-19(22)13-25-17-10-9-14-5-3-6-15(14)11-17/h4,7-12H,3,5-6,13H2,1-2H3,(H,20,22). The molecule has 0 aliphatic heterocycles. The summed E-state index contributed by atoms with van der Waals surface area (Å²) in [5.41, 5.74) is 3.04. The normalized spacial score (nSPS) is 13.5. The Hall–Kier alpha value is -2.38. The molecule has 0 spiro atoms. The quantitative estimate of drug-likeness (QED) is 0.843. The van der Waals surface area contributed by atoms with Crippen LogP contribution in [0, 0.1) is 0 Å². The summed E-state index contributed by atoms with van der Waals surface area (Å²) in [4.78, 5) is 12.2. The summed E-state index contributed by atoms with van der Waals surface area (Å²) in [7, 11) is -0.619. The molecule has 0 atom stereocenters. The maximum atomic E-state index is 12.2. The maximum absolute atomic E-state index is 12.2. The van der Waals surface area contributed by atoms with Gasteiger partial charge >= 0.3 is 0 Å². The summed E-state index contributed by atoms with van der Waals surface area (Å²) < 4.78 is 31.0. The number of hydrogen-bond donors (Lipinski definition) is 1. The van der Waals surface area contributed by atoms with Gasteiger partial charge in [0.2, 0.25) is 10.0 Å². The van der Waals surface area contributed by atoms with Crippen molar-refractivity contribution in [3.63, 3.8) is 0 Å². The van der Waals surface area contributed by atoms with E-state index in [-0.39, 0.29) is 17.4 Å². The van der Waals surface area contributed by atoms with Gasteiger partial charge in [0.1, 0.15) is 5.75 Å². The SMILES string of the molecule is CN(C)S(=O)(=O)c1cccc(NC(=O)COc2ccc3c(c2)CCC3)c1. The van der Waals surface area contributed by atoms with Gasteiger partial charge < -0.3 is 10.1 Å². The Balaban J connectivity index is 1.62. The number of carbonyl (C=O) groups is 1. The molecule has 3 rings (SSSR count). The fraction of sp³-hybridized carbons (Fsp3) is 0.316. The zero-order chi connectivity index (χ0) is 18.7. The van der Waals surface area contributed by atoms with Crippen molar-refractivity contribution in [1.82, 2.24) is 4.31 Å². The van der Waals surface area contributed by atoms with Gasteiger partial charge in [-0.2, -0.15) is 0 Å². The van der Waals surface area contributed by atoms with Crippen LogP contribution in [0.1, 0.15) is 17.5 Å². The second-order valence-corrected chi connectivity index (χ2v) is 8.59. The molecule has 1 amide bonds. The van der Waals surface area contributed by atoms with Crippen molar-refractivity contribution < 1.29 is 17.9 Å². The first kappa shape index (κ1) is 18.4. The predicted octanol–water partition coefficient (Wildman–Crippen LogP) is 2.44. The van der Waals surface area contributed by atoms with Gasteiger partial charge in [-0.25, -0.2) is 12.7 Å². The second-order valence-electron chi connectivity index (χ2n) is 6.44. The summed E-state index contributed by atoms with van der Waals surface area (Å²) in [5, 5.41) is 2.67.